The van der Waals surface area contributed by atoms with Crippen molar-refractivity contribution in [1.29, 1.82) is 0 Å². The fourth-order valence-electron chi connectivity index (χ4n) is 2.20. The number of rotatable bonds is 1. The third kappa shape index (κ3) is 2.05. The monoisotopic (exact) mass is 212 g/mol. The van der Waals surface area contributed by atoms with Crippen LogP contribution in [0.3, 0.4) is 0 Å². The molecule has 3 rings (SSSR count). The molecule has 3 saturated heterocycles. The Labute approximate surface area is 86.7 Å². The van der Waals surface area contributed by atoms with Crippen molar-refractivity contribution in [3.8, 4) is 0 Å². The molecule has 0 saturated carbocycles. The highest BCUT2D eigenvalue weighted by Crippen LogP contribution is 2.38. The third-order valence-electron chi connectivity index (χ3n) is 3.31. The van der Waals surface area contributed by atoms with Gasteiger partial charge in [0.25, 0.3) is 0 Å². The molecule has 0 aromatic rings. The van der Waals surface area contributed by atoms with Crippen LogP contribution in [0, 0.1) is 5.41 Å². The number of hydrogen-bond acceptors (Lipinski definition) is 2. The molecule has 3 fully saturated rings. The Morgan fingerprint density at radius 2 is 1.42 bits per heavy atom. The molecule has 12 heavy (non-hydrogen) atoms. The molecule has 4 heteroatoms. The van der Waals surface area contributed by atoms with Gasteiger partial charge in [0.1, 0.15) is 0 Å². The summed E-state index contributed by atoms with van der Waals surface area (Å²) >= 11 is 0. The zero-order chi connectivity index (χ0) is 7.03. The van der Waals surface area contributed by atoms with Crippen LogP contribution in [0.2, 0.25) is 0 Å². The molecule has 0 aromatic heterocycles. The van der Waals surface area contributed by atoms with Crippen molar-refractivity contribution in [3.63, 3.8) is 0 Å². The first-order valence-electron chi connectivity index (χ1n) is 4.27. The lowest BCUT2D eigenvalue weighted by Crippen LogP contribution is -2.51. The first kappa shape index (κ1) is 12.5. The average Bonchev–Trinajstić information content (AvgIpc) is 2.08. The largest absolute Gasteiger partial charge is 0.330 e. The van der Waals surface area contributed by atoms with Crippen LogP contribution in [-0.4, -0.2) is 31.1 Å². The van der Waals surface area contributed by atoms with E-state index in [-0.39, 0.29) is 24.8 Å². The highest BCUT2D eigenvalue weighted by atomic mass is 35.5. The SMILES string of the molecule is Cl.Cl.NCC12CCN(CC1)CC2. The molecule has 3 heterocycles. The van der Waals surface area contributed by atoms with E-state index in [0.717, 1.165) is 6.54 Å². The lowest BCUT2D eigenvalue weighted by molar-refractivity contribution is 0.0330. The summed E-state index contributed by atoms with van der Waals surface area (Å²) in [5.74, 6) is 0. The van der Waals surface area contributed by atoms with Crippen molar-refractivity contribution in [2.24, 2.45) is 11.1 Å². The molecular weight excluding hydrogens is 195 g/mol. The molecule has 0 unspecified atom stereocenters. The minimum Gasteiger partial charge on any atom is -0.330 e. The number of hydrogen-bond donors (Lipinski definition) is 1. The van der Waals surface area contributed by atoms with E-state index in [9.17, 15) is 0 Å². The topological polar surface area (TPSA) is 29.3 Å². The predicted molar refractivity (Wildman–Crippen MR) is 56.3 cm³/mol. The minimum absolute atomic E-state index is 0. The molecule has 2 N–H and O–H groups in total. The first-order chi connectivity index (χ1) is 4.85. The van der Waals surface area contributed by atoms with Gasteiger partial charge in [-0.15, -0.1) is 24.8 Å². The van der Waals surface area contributed by atoms with Crippen molar-refractivity contribution < 1.29 is 0 Å². The van der Waals surface area contributed by atoms with Crippen LogP contribution < -0.4 is 5.73 Å². The van der Waals surface area contributed by atoms with E-state index < -0.39 is 0 Å². The van der Waals surface area contributed by atoms with E-state index in [4.69, 9.17) is 5.73 Å². The van der Waals surface area contributed by atoms with Gasteiger partial charge in [-0.3, -0.25) is 0 Å². The van der Waals surface area contributed by atoms with Crippen LogP contribution in [0.15, 0.2) is 0 Å². The summed E-state index contributed by atoms with van der Waals surface area (Å²) in [4.78, 5) is 2.55. The lowest BCUT2D eigenvalue weighted by atomic mass is 9.72. The lowest BCUT2D eigenvalue weighted by Gasteiger charge is -2.47. The average molecular weight is 213 g/mol. The zero-order valence-corrected chi connectivity index (χ0v) is 8.92. The predicted octanol–water partition coefficient (Wildman–Crippen LogP) is 1.27. The van der Waals surface area contributed by atoms with E-state index in [2.05, 4.69) is 4.90 Å². The molecule has 0 spiro atoms. The zero-order valence-electron chi connectivity index (χ0n) is 7.29. The Morgan fingerprint density at radius 3 is 1.67 bits per heavy atom. The van der Waals surface area contributed by atoms with Crippen molar-refractivity contribution in [1.82, 2.24) is 4.90 Å². The van der Waals surface area contributed by atoms with E-state index in [1.165, 1.54) is 38.9 Å². The Balaban J connectivity index is 0.000000605. The molecule has 0 radical (unpaired) electrons. The summed E-state index contributed by atoms with van der Waals surface area (Å²) in [5, 5.41) is 0. The Bertz CT molecular complexity index is 119. The third-order valence-corrected chi connectivity index (χ3v) is 3.31. The van der Waals surface area contributed by atoms with Crippen LogP contribution in [0.1, 0.15) is 19.3 Å². The van der Waals surface area contributed by atoms with Crippen molar-refractivity contribution in [2.45, 2.75) is 19.3 Å². The second-order valence-electron chi connectivity index (χ2n) is 3.80. The van der Waals surface area contributed by atoms with Crippen LogP contribution in [0.4, 0.5) is 0 Å². The summed E-state index contributed by atoms with van der Waals surface area (Å²) in [6.07, 6.45) is 4.05. The summed E-state index contributed by atoms with van der Waals surface area (Å²) in [5.41, 5.74) is 6.32. The summed E-state index contributed by atoms with van der Waals surface area (Å²) in [7, 11) is 0. The Kier molecular flexibility index (Phi) is 4.85. The quantitative estimate of drug-likeness (QED) is 0.710. The van der Waals surface area contributed by atoms with E-state index >= 15 is 0 Å². The minimum atomic E-state index is 0. The molecule has 3 aliphatic heterocycles. The van der Waals surface area contributed by atoms with Gasteiger partial charge in [0.15, 0.2) is 0 Å². The van der Waals surface area contributed by atoms with Gasteiger partial charge in [-0.1, -0.05) is 0 Å². The summed E-state index contributed by atoms with van der Waals surface area (Å²) in [6, 6.07) is 0. The standard InChI is InChI=1S/C8H16N2.2ClH/c9-7-8-1-4-10(5-2-8)6-3-8;;/h1-7,9H2;2*1H. The molecular formula is C8H18Cl2N2. The maximum absolute atomic E-state index is 5.75. The molecule has 2 bridgehead atoms. The van der Waals surface area contributed by atoms with Crippen molar-refractivity contribution in [3.05, 3.63) is 0 Å². The number of nitrogens with zero attached hydrogens (tertiary/aromatic N) is 1. The van der Waals surface area contributed by atoms with E-state index in [1.54, 1.807) is 0 Å². The number of piperidine rings is 3. The number of fused-ring (bicyclic) bond motifs is 3. The summed E-state index contributed by atoms with van der Waals surface area (Å²) < 4.78 is 0. The molecule has 74 valence electrons. The van der Waals surface area contributed by atoms with Crippen LogP contribution in [0.5, 0.6) is 0 Å². The van der Waals surface area contributed by atoms with Gasteiger partial charge in [0, 0.05) is 0 Å². The molecule has 3 aliphatic rings. The van der Waals surface area contributed by atoms with Crippen LogP contribution >= 0.6 is 24.8 Å². The highest BCUT2D eigenvalue weighted by molar-refractivity contribution is 5.85. The van der Waals surface area contributed by atoms with Crippen molar-refractivity contribution in [2.75, 3.05) is 26.2 Å². The maximum Gasteiger partial charge on any atom is -0.00129 e. The smallest absolute Gasteiger partial charge is 0.00129 e. The van der Waals surface area contributed by atoms with Crippen LogP contribution in [0.25, 0.3) is 0 Å². The van der Waals surface area contributed by atoms with Crippen molar-refractivity contribution >= 4 is 24.8 Å². The van der Waals surface area contributed by atoms with Gasteiger partial charge in [0.05, 0.1) is 0 Å². The Morgan fingerprint density at radius 1 is 1.00 bits per heavy atom. The second-order valence-corrected chi connectivity index (χ2v) is 3.80. The first-order valence-corrected chi connectivity index (χ1v) is 4.27. The Hall–Kier alpha value is 0.500. The fraction of sp³-hybridized carbons (Fsp3) is 1.00. The van der Waals surface area contributed by atoms with Gasteiger partial charge < -0.3 is 10.6 Å². The second kappa shape index (κ2) is 4.66. The van der Waals surface area contributed by atoms with Gasteiger partial charge in [-0.05, 0) is 50.9 Å². The van der Waals surface area contributed by atoms with Gasteiger partial charge >= 0.3 is 0 Å². The van der Waals surface area contributed by atoms with Gasteiger partial charge in [0.2, 0.25) is 0 Å². The molecule has 0 amide bonds. The van der Waals surface area contributed by atoms with Gasteiger partial charge in [-0.2, -0.15) is 0 Å². The maximum atomic E-state index is 5.75. The molecule has 0 aliphatic carbocycles. The van der Waals surface area contributed by atoms with E-state index in [0.29, 0.717) is 5.41 Å². The highest BCUT2D eigenvalue weighted by Gasteiger charge is 2.37. The molecule has 0 aromatic carbocycles. The number of nitrogens with two attached hydrogens (primary N) is 1. The molecule has 0 atom stereocenters. The fourth-order valence-corrected chi connectivity index (χ4v) is 2.20. The summed E-state index contributed by atoms with van der Waals surface area (Å²) in [6.45, 7) is 4.83. The molecule has 2 nitrogen and oxygen atoms in total. The normalized spacial score (nSPS) is 38.2. The van der Waals surface area contributed by atoms with Crippen LogP contribution in [-0.2, 0) is 0 Å². The van der Waals surface area contributed by atoms with E-state index in [1.807, 2.05) is 0 Å². The number of halogens is 2. The van der Waals surface area contributed by atoms with Gasteiger partial charge in [-0.25, -0.2) is 0 Å².